The molecular weight excluding hydrogens is 284 g/mol. The van der Waals surface area contributed by atoms with Gasteiger partial charge in [-0.05, 0) is 0 Å². The van der Waals surface area contributed by atoms with Gasteiger partial charge in [0, 0.05) is 0 Å². The van der Waals surface area contributed by atoms with Crippen molar-refractivity contribution in [2.45, 2.75) is 28.4 Å². The molecule has 1 aliphatic rings. The van der Waals surface area contributed by atoms with Crippen LogP contribution in [0, 0.1) is 5.41 Å². The van der Waals surface area contributed by atoms with Crippen molar-refractivity contribution in [3.63, 3.8) is 0 Å². The Kier molecular flexibility index (Phi) is 4.65. The van der Waals surface area contributed by atoms with Crippen LogP contribution < -0.4 is 0 Å². The zero-order chi connectivity index (χ0) is 12.5. The summed E-state index contributed by atoms with van der Waals surface area (Å²) in [5, 5.41) is 35.1. The molecule has 0 aromatic carbocycles. The van der Waals surface area contributed by atoms with Crippen molar-refractivity contribution in [1.82, 2.24) is 0 Å². The third kappa shape index (κ3) is 3.33. The van der Waals surface area contributed by atoms with Crippen molar-refractivity contribution >= 4 is 40.7 Å². The molecule has 94 valence electrons. The fourth-order valence-electron chi connectivity index (χ4n) is 1.07. The van der Waals surface area contributed by atoms with Crippen LogP contribution in [-0.2, 0) is 9.47 Å². The lowest BCUT2D eigenvalue weighted by atomic mass is 10.1. The van der Waals surface area contributed by atoms with Crippen LogP contribution in [0.25, 0.3) is 0 Å². The van der Waals surface area contributed by atoms with Crippen molar-refractivity contribution in [1.29, 1.82) is 5.41 Å². The summed E-state index contributed by atoms with van der Waals surface area (Å²) in [6.45, 7) is -0.254. The second kappa shape index (κ2) is 5.22. The highest BCUT2D eigenvalue weighted by Crippen LogP contribution is 2.29. The normalized spacial score (nSPS) is 35.9. The van der Waals surface area contributed by atoms with E-state index >= 15 is 0 Å². The van der Waals surface area contributed by atoms with Crippen LogP contribution >= 0.6 is 34.8 Å². The van der Waals surface area contributed by atoms with Gasteiger partial charge in [-0.15, -0.1) is 0 Å². The van der Waals surface area contributed by atoms with Gasteiger partial charge in [-0.25, -0.2) is 0 Å². The molecule has 0 radical (unpaired) electrons. The number of rotatable bonds is 1. The van der Waals surface area contributed by atoms with Gasteiger partial charge in [0.05, 0.1) is 6.61 Å². The minimum absolute atomic E-state index is 0.254. The lowest BCUT2D eigenvalue weighted by molar-refractivity contribution is -0.246. The minimum Gasteiger partial charge on any atom is -0.445 e. The van der Waals surface area contributed by atoms with E-state index in [9.17, 15) is 10.2 Å². The second-order valence-electron chi connectivity index (χ2n) is 3.19. The molecule has 9 heteroatoms. The van der Waals surface area contributed by atoms with Crippen molar-refractivity contribution in [3.05, 3.63) is 0 Å². The summed E-state index contributed by atoms with van der Waals surface area (Å²) in [5.41, 5.74) is 0. The molecule has 1 saturated heterocycles. The Hall–Kier alpha value is 0.180. The van der Waals surface area contributed by atoms with Gasteiger partial charge in [0.25, 0.3) is 3.79 Å². The Labute approximate surface area is 106 Å². The van der Waals surface area contributed by atoms with Crippen molar-refractivity contribution < 1.29 is 24.8 Å². The average molecular weight is 295 g/mol. The second-order valence-corrected chi connectivity index (χ2v) is 5.48. The number of aliphatic hydroxyl groups excluding tert-OH is 3. The molecule has 4 atom stereocenters. The predicted octanol–water partition coefficient (Wildman–Crippen LogP) is -0.211. The molecule has 16 heavy (non-hydrogen) atoms. The summed E-state index contributed by atoms with van der Waals surface area (Å²) in [6, 6.07) is 0. The Morgan fingerprint density at radius 3 is 2.31 bits per heavy atom. The molecular formula is C7H10Cl3NO5. The van der Waals surface area contributed by atoms with E-state index in [-0.39, 0.29) is 6.61 Å². The standard InChI is InChI=1S/C7H10Cl3NO5/c8-7(9,10)6(11)16-5-4(14)3(13)2(12)1-15-5/h2-5,11-14H,1H2/t2-,3+,4-,5?/m1/s1. The van der Waals surface area contributed by atoms with Crippen LogP contribution in [0.3, 0.4) is 0 Å². The SMILES string of the molecule is N=C(OC1OC[C@@H](O)[C@H](O)[C@H]1O)C(Cl)(Cl)Cl. The van der Waals surface area contributed by atoms with Gasteiger partial charge >= 0.3 is 0 Å². The monoisotopic (exact) mass is 293 g/mol. The quantitative estimate of drug-likeness (QED) is 0.304. The molecule has 0 saturated carbocycles. The number of nitrogens with one attached hydrogen (secondary N) is 1. The van der Waals surface area contributed by atoms with Crippen molar-refractivity contribution in [2.75, 3.05) is 6.61 Å². The Morgan fingerprint density at radius 1 is 1.25 bits per heavy atom. The van der Waals surface area contributed by atoms with E-state index in [2.05, 4.69) is 0 Å². The summed E-state index contributed by atoms with van der Waals surface area (Å²) >= 11 is 16.0. The van der Waals surface area contributed by atoms with Gasteiger partial charge in [-0.1, -0.05) is 34.8 Å². The van der Waals surface area contributed by atoms with Gasteiger partial charge in [0.15, 0.2) is 0 Å². The van der Waals surface area contributed by atoms with E-state index in [1.165, 1.54) is 0 Å². The number of ether oxygens (including phenoxy) is 2. The van der Waals surface area contributed by atoms with E-state index in [4.69, 9.17) is 54.8 Å². The maximum absolute atomic E-state index is 9.44. The van der Waals surface area contributed by atoms with Crippen LogP contribution in [0.15, 0.2) is 0 Å². The fourth-order valence-corrected chi connectivity index (χ4v) is 1.20. The van der Waals surface area contributed by atoms with E-state index in [0.717, 1.165) is 0 Å². The molecule has 1 heterocycles. The molecule has 6 nitrogen and oxygen atoms in total. The fraction of sp³-hybridized carbons (Fsp3) is 0.857. The first-order valence-corrected chi connectivity index (χ1v) is 5.35. The molecule has 0 bridgehead atoms. The van der Waals surface area contributed by atoms with Crippen molar-refractivity contribution in [3.8, 4) is 0 Å². The molecule has 1 unspecified atom stereocenters. The maximum atomic E-state index is 9.44. The molecule has 0 aromatic rings. The molecule has 0 aliphatic carbocycles. The van der Waals surface area contributed by atoms with Gasteiger partial charge in [-0.2, -0.15) is 0 Å². The van der Waals surface area contributed by atoms with Gasteiger partial charge in [0.1, 0.15) is 18.3 Å². The number of halogens is 3. The number of hydrogen-bond donors (Lipinski definition) is 4. The first-order chi connectivity index (χ1) is 7.23. The average Bonchev–Trinajstić information content (AvgIpc) is 2.17. The maximum Gasteiger partial charge on any atom is 0.265 e. The molecule has 1 rings (SSSR count). The summed E-state index contributed by atoms with van der Waals surface area (Å²) < 4.78 is 7.49. The zero-order valence-corrected chi connectivity index (χ0v) is 10.1. The molecule has 4 N–H and O–H groups in total. The first-order valence-electron chi connectivity index (χ1n) is 4.21. The van der Waals surface area contributed by atoms with E-state index in [1.54, 1.807) is 0 Å². The van der Waals surface area contributed by atoms with Crippen molar-refractivity contribution in [2.24, 2.45) is 0 Å². The van der Waals surface area contributed by atoms with Crippen LogP contribution in [-0.4, -0.2) is 56.2 Å². The zero-order valence-electron chi connectivity index (χ0n) is 7.81. The lowest BCUT2D eigenvalue weighted by Crippen LogP contribution is -2.54. The van der Waals surface area contributed by atoms with E-state index in [0.29, 0.717) is 0 Å². The van der Waals surface area contributed by atoms with E-state index in [1.807, 2.05) is 0 Å². The van der Waals surface area contributed by atoms with Crippen LogP contribution in [0.5, 0.6) is 0 Å². The highest BCUT2D eigenvalue weighted by Gasteiger charge is 2.41. The van der Waals surface area contributed by atoms with E-state index < -0.39 is 34.3 Å². The van der Waals surface area contributed by atoms with Gasteiger partial charge in [0.2, 0.25) is 12.2 Å². The summed E-state index contributed by atoms with van der Waals surface area (Å²) in [6.07, 6.45) is -5.56. The highest BCUT2D eigenvalue weighted by molar-refractivity contribution is 6.76. The third-order valence-corrected chi connectivity index (χ3v) is 2.46. The van der Waals surface area contributed by atoms with Gasteiger partial charge in [-0.3, -0.25) is 5.41 Å². The largest absolute Gasteiger partial charge is 0.445 e. The molecule has 0 amide bonds. The summed E-state index contributed by atoms with van der Waals surface area (Å²) in [5.74, 6) is -0.745. The molecule has 1 fully saturated rings. The topological polar surface area (TPSA) is 103 Å². The first kappa shape index (κ1) is 14.2. The number of hydrogen-bond acceptors (Lipinski definition) is 6. The summed E-state index contributed by atoms with van der Waals surface area (Å²) in [4.78, 5) is 0. The van der Waals surface area contributed by atoms with Gasteiger partial charge < -0.3 is 24.8 Å². The number of aliphatic hydroxyl groups is 3. The van der Waals surface area contributed by atoms with Crippen LogP contribution in [0.2, 0.25) is 0 Å². The Morgan fingerprint density at radius 2 is 1.81 bits per heavy atom. The smallest absolute Gasteiger partial charge is 0.265 e. The van der Waals surface area contributed by atoms with Crippen LogP contribution in [0.1, 0.15) is 0 Å². The third-order valence-electron chi connectivity index (χ3n) is 1.95. The van der Waals surface area contributed by atoms with Crippen LogP contribution in [0.4, 0.5) is 0 Å². The predicted molar refractivity (Wildman–Crippen MR) is 56.9 cm³/mol. The Balaban J connectivity index is 2.59. The molecule has 0 spiro atoms. The Bertz CT molecular complexity index is 271. The number of alkyl halides is 3. The molecule has 1 aliphatic heterocycles. The highest BCUT2D eigenvalue weighted by atomic mass is 35.6. The molecule has 0 aromatic heterocycles. The lowest BCUT2D eigenvalue weighted by Gasteiger charge is -2.35. The minimum atomic E-state index is -2.08. The summed E-state index contributed by atoms with van der Waals surface area (Å²) in [7, 11) is 0.